The molecule has 0 unspecified atom stereocenters. The van der Waals surface area contributed by atoms with Gasteiger partial charge in [-0.1, -0.05) is 49.0 Å². The zero-order valence-corrected chi connectivity index (χ0v) is 14.8. The lowest BCUT2D eigenvalue weighted by molar-refractivity contribution is -0.150. The first-order valence-electron chi connectivity index (χ1n) is 7.78. The van der Waals surface area contributed by atoms with Gasteiger partial charge in [-0.3, -0.25) is 9.59 Å². The van der Waals surface area contributed by atoms with E-state index in [-0.39, 0.29) is 25.4 Å². The summed E-state index contributed by atoms with van der Waals surface area (Å²) in [5, 5.41) is 1.11. The Morgan fingerprint density at radius 3 is 2.26 bits per heavy atom. The number of carbonyl (C=O) groups is 2. The summed E-state index contributed by atoms with van der Waals surface area (Å²) < 4.78 is 10.1. The predicted octanol–water partition coefficient (Wildman–Crippen LogP) is 4.59. The minimum absolute atomic E-state index is 0.0287. The third-order valence-electron chi connectivity index (χ3n) is 3.19. The van der Waals surface area contributed by atoms with Crippen molar-refractivity contribution in [2.24, 2.45) is 0 Å². The highest BCUT2D eigenvalue weighted by atomic mass is 35.5. The van der Waals surface area contributed by atoms with E-state index in [1.165, 1.54) is 0 Å². The van der Waals surface area contributed by atoms with Crippen molar-refractivity contribution in [1.29, 1.82) is 0 Å². The predicted molar refractivity (Wildman–Crippen MR) is 90.8 cm³/mol. The normalized spacial score (nSPS) is 10.4. The SMILES string of the molecule is CCCCCOC(=O)CCC(=O)OCCc1ccc(Cl)cc1Cl. The van der Waals surface area contributed by atoms with Gasteiger partial charge in [0.25, 0.3) is 0 Å². The molecule has 0 fully saturated rings. The molecule has 0 atom stereocenters. The molecule has 128 valence electrons. The average molecular weight is 361 g/mol. The molecular formula is C17H22Cl2O4. The highest BCUT2D eigenvalue weighted by Gasteiger charge is 2.09. The maximum Gasteiger partial charge on any atom is 0.306 e. The van der Waals surface area contributed by atoms with E-state index < -0.39 is 5.97 Å². The van der Waals surface area contributed by atoms with E-state index in [0.717, 1.165) is 24.8 Å². The zero-order valence-electron chi connectivity index (χ0n) is 13.3. The Morgan fingerprint density at radius 1 is 1.00 bits per heavy atom. The minimum atomic E-state index is -0.416. The molecule has 6 heteroatoms. The van der Waals surface area contributed by atoms with Crippen molar-refractivity contribution in [3.63, 3.8) is 0 Å². The van der Waals surface area contributed by atoms with Gasteiger partial charge in [0.1, 0.15) is 0 Å². The first-order chi connectivity index (χ1) is 11.0. The van der Waals surface area contributed by atoms with Crippen LogP contribution in [0.5, 0.6) is 0 Å². The monoisotopic (exact) mass is 360 g/mol. The average Bonchev–Trinajstić information content (AvgIpc) is 2.51. The molecule has 0 aliphatic carbocycles. The molecule has 0 aromatic heterocycles. The van der Waals surface area contributed by atoms with Gasteiger partial charge in [-0.05, 0) is 24.1 Å². The van der Waals surface area contributed by atoms with E-state index in [1.54, 1.807) is 18.2 Å². The van der Waals surface area contributed by atoms with Crippen LogP contribution in [-0.4, -0.2) is 25.2 Å². The van der Waals surface area contributed by atoms with Gasteiger partial charge >= 0.3 is 11.9 Å². The molecule has 1 aromatic rings. The minimum Gasteiger partial charge on any atom is -0.466 e. The van der Waals surface area contributed by atoms with Crippen LogP contribution in [0.4, 0.5) is 0 Å². The second kappa shape index (κ2) is 11.3. The van der Waals surface area contributed by atoms with Crippen LogP contribution in [0.15, 0.2) is 18.2 Å². The summed E-state index contributed by atoms with van der Waals surface area (Å²) in [6.45, 7) is 2.71. The quantitative estimate of drug-likeness (QED) is 0.452. The van der Waals surface area contributed by atoms with Crippen molar-refractivity contribution in [1.82, 2.24) is 0 Å². The number of hydrogen-bond donors (Lipinski definition) is 0. The lowest BCUT2D eigenvalue weighted by atomic mass is 10.2. The molecule has 0 spiro atoms. The van der Waals surface area contributed by atoms with Gasteiger partial charge in [0.15, 0.2) is 0 Å². The second-order valence-corrected chi connectivity index (χ2v) is 5.98. The Balaban J connectivity index is 2.15. The Bertz CT molecular complexity index is 517. The highest BCUT2D eigenvalue weighted by Crippen LogP contribution is 2.21. The summed E-state index contributed by atoms with van der Waals surface area (Å²) in [4.78, 5) is 23.0. The maximum atomic E-state index is 11.6. The molecule has 0 heterocycles. The molecule has 23 heavy (non-hydrogen) atoms. The largest absolute Gasteiger partial charge is 0.466 e. The van der Waals surface area contributed by atoms with Gasteiger partial charge < -0.3 is 9.47 Å². The van der Waals surface area contributed by atoms with Gasteiger partial charge in [0, 0.05) is 16.5 Å². The third kappa shape index (κ3) is 8.82. The van der Waals surface area contributed by atoms with E-state index >= 15 is 0 Å². The molecule has 4 nitrogen and oxygen atoms in total. The highest BCUT2D eigenvalue weighted by molar-refractivity contribution is 6.35. The molecule has 0 aliphatic heterocycles. The van der Waals surface area contributed by atoms with Crippen LogP contribution in [0.3, 0.4) is 0 Å². The number of rotatable bonds is 10. The van der Waals surface area contributed by atoms with Gasteiger partial charge in [-0.25, -0.2) is 0 Å². The molecule has 0 radical (unpaired) electrons. The van der Waals surface area contributed by atoms with Crippen LogP contribution in [0, 0.1) is 0 Å². The van der Waals surface area contributed by atoms with Crippen LogP contribution in [0.25, 0.3) is 0 Å². The van der Waals surface area contributed by atoms with Crippen molar-refractivity contribution in [2.75, 3.05) is 13.2 Å². The molecule has 0 amide bonds. The molecule has 0 N–H and O–H groups in total. The van der Waals surface area contributed by atoms with Gasteiger partial charge in [-0.15, -0.1) is 0 Å². The van der Waals surface area contributed by atoms with Crippen molar-refractivity contribution in [2.45, 2.75) is 45.4 Å². The second-order valence-electron chi connectivity index (χ2n) is 5.13. The number of hydrogen-bond acceptors (Lipinski definition) is 4. The van der Waals surface area contributed by atoms with Crippen LogP contribution >= 0.6 is 23.2 Å². The fourth-order valence-electron chi connectivity index (χ4n) is 1.89. The van der Waals surface area contributed by atoms with Crippen LogP contribution < -0.4 is 0 Å². The van der Waals surface area contributed by atoms with E-state index in [1.807, 2.05) is 0 Å². The first-order valence-corrected chi connectivity index (χ1v) is 8.53. The smallest absolute Gasteiger partial charge is 0.306 e. The third-order valence-corrected chi connectivity index (χ3v) is 3.78. The summed E-state index contributed by atoms with van der Waals surface area (Å²) in [6.07, 6.45) is 3.54. The number of benzene rings is 1. The molecule has 0 aliphatic rings. The summed E-state index contributed by atoms with van der Waals surface area (Å²) in [5.41, 5.74) is 0.860. The number of ether oxygens (including phenoxy) is 2. The number of halogens is 2. The van der Waals surface area contributed by atoms with E-state index in [4.69, 9.17) is 32.7 Å². The lowest BCUT2D eigenvalue weighted by Crippen LogP contribution is -2.12. The van der Waals surface area contributed by atoms with Crippen molar-refractivity contribution >= 4 is 35.1 Å². The van der Waals surface area contributed by atoms with Crippen molar-refractivity contribution in [3.05, 3.63) is 33.8 Å². The summed E-state index contributed by atoms with van der Waals surface area (Å²) in [6, 6.07) is 5.18. The van der Waals surface area contributed by atoms with Crippen molar-refractivity contribution < 1.29 is 19.1 Å². The zero-order chi connectivity index (χ0) is 17.1. The fraction of sp³-hybridized carbons (Fsp3) is 0.529. The molecular weight excluding hydrogens is 339 g/mol. The maximum absolute atomic E-state index is 11.6. The van der Waals surface area contributed by atoms with Gasteiger partial charge in [0.05, 0.1) is 26.1 Å². The Kier molecular flexibility index (Phi) is 9.72. The lowest BCUT2D eigenvalue weighted by Gasteiger charge is -2.07. The Morgan fingerprint density at radius 2 is 1.65 bits per heavy atom. The molecule has 0 saturated carbocycles. The topological polar surface area (TPSA) is 52.6 Å². The fourth-order valence-corrected chi connectivity index (χ4v) is 2.39. The number of unbranched alkanes of at least 4 members (excludes halogenated alkanes) is 2. The van der Waals surface area contributed by atoms with Crippen molar-refractivity contribution in [3.8, 4) is 0 Å². The van der Waals surface area contributed by atoms with E-state index in [2.05, 4.69) is 6.92 Å². The van der Waals surface area contributed by atoms with Crippen LogP contribution in [-0.2, 0) is 25.5 Å². The van der Waals surface area contributed by atoms with Crippen LogP contribution in [0.1, 0.15) is 44.6 Å². The first kappa shape index (κ1) is 19.8. The molecule has 1 aromatic carbocycles. The van der Waals surface area contributed by atoms with E-state index in [9.17, 15) is 9.59 Å². The molecule has 0 saturated heterocycles. The Hall–Kier alpha value is -1.26. The van der Waals surface area contributed by atoms with Gasteiger partial charge in [0.2, 0.25) is 0 Å². The molecule has 0 bridgehead atoms. The molecule has 1 rings (SSSR count). The van der Waals surface area contributed by atoms with Gasteiger partial charge in [-0.2, -0.15) is 0 Å². The number of esters is 2. The van der Waals surface area contributed by atoms with E-state index in [0.29, 0.717) is 23.1 Å². The van der Waals surface area contributed by atoms with Crippen LogP contribution in [0.2, 0.25) is 10.0 Å². The number of carbonyl (C=O) groups excluding carboxylic acids is 2. The Labute approximate surface area is 147 Å². The standard InChI is InChI=1S/C17H22Cl2O4/c1-2-3-4-10-22-16(20)7-8-17(21)23-11-9-13-5-6-14(18)12-15(13)19/h5-6,12H,2-4,7-11H2,1H3. The summed E-state index contributed by atoms with van der Waals surface area (Å²) >= 11 is 11.8. The summed E-state index contributed by atoms with van der Waals surface area (Å²) in [7, 11) is 0. The summed E-state index contributed by atoms with van der Waals surface area (Å²) in [5.74, 6) is -0.778.